The van der Waals surface area contributed by atoms with E-state index in [0.29, 0.717) is 6.61 Å². The van der Waals surface area contributed by atoms with E-state index in [1.807, 2.05) is 31.2 Å². The summed E-state index contributed by atoms with van der Waals surface area (Å²) in [7, 11) is 1.63. The fourth-order valence-electron chi connectivity index (χ4n) is 2.23. The number of nitrogen functional groups attached to an aromatic ring is 1. The predicted octanol–water partition coefficient (Wildman–Crippen LogP) is 1.45. The lowest BCUT2D eigenvalue weighted by Gasteiger charge is -2.19. The van der Waals surface area contributed by atoms with Crippen LogP contribution in [0.2, 0.25) is 0 Å². The molecule has 0 aromatic heterocycles. The van der Waals surface area contributed by atoms with E-state index in [9.17, 15) is 4.79 Å². The first kappa shape index (κ1) is 12.9. The van der Waals surface area contributed by atoms with E-state index in [1.165, 1.54) is 0 Å². The van der Waals surface area contributed by atoms with Gasteiger partial charge in [0.25, 0.3) is 0 Å². The SMILES string of the molecule is COCC(C)NC(=O)C1(c2ccc(N)cc2)CC1. The molecule has 1 amide bonds. The Morgan fingerprint density at radius 3 is 2.56 bits per heavy atom. The van der Waals surface area contributed by atoms with Gasteiger partial charge in [-0.25, -0.2) is 0 Å². The standard InChI is InChI=1S/C14H20N2O2/c1-10(9-18-2)16-13(17)14(7-8-14)11-3-5-12(15)6-4-11/h3-6,10H,7-9,15H2,1-2H3,(H,16,17). The second kappa shape index (κ2) is 4.98. The normalized spacial score (nSPS) is 18.1. The largest absolute Gasteiger partial charge is 0.399 e. The highest BCUT2D eigenvalue weighted by atomic mass is 16.5. The summed E-state index contributed by atoms with van der Waals surface area (Å²) in [6.45, 7) is 2.48. The Labute approximate surface area is 108 Å². The van der Waals surface area contributed by atoms with Gasteiger partial charge in [-0.15, -0.1) is 0 Å². The van der Waals surface area contributed by atoms with Crippen LogP contribution in [0.1, 0.15) is 25.3 Å². The Morgan fingerprint density at radius 2 is 2.06 bits per heavy atom. The maximum atomic E-state index is 12.3. The molecule has 4 nitrogen and oxygen atoms in total. The van der Waals surface area contributed by atoms with Gasteiger partial charge in [0.15, 0.2) is 0 Å². The monoisotopic (exact) mass is 248 g/mol. The number of nitrogens with one attached hydrogen (secondary N) is 1. The van der Waals surface area contributed by atoms with Crippen LogP contribution in [0.5, 0.6) is 0 Å². The smallest absolute Gasteiger partial charge is 0.230 e. The maximum absolute atomic E-state index is 12.3. The van der Waals surface area contributed by atoms with E-state index in [2.05, 4.69) is 5.32 Å². The quantitative estimate of drug-likeness (QED) is 0.775. The molecule has 1 fully saturated rings. The molecule has 0 aliphatic heterocycles. The number of hydrogen-bond donors (Lipinski definition) is 2. The Balaban J connectivity index is 2.07. The molecule has 1 aliphatic rings. The molecule has 4 heteroatoms. The molecule has 2 rings (SSSR count). The van der Waals surface area contributed by atoms with Crippen LogP contribution in [0.15, 0.2) is 24.3 Å². The lowest BCUT2D eigenvalue weighted by molar-refractivity contribution is -0.124. The fraction of sp³-hybridized carbons (Fsp3) is 0.500. The van der Waals surface area contributed by atoms with Gasteiger partial charge in [0.2, 0.25) is 5.91 Å². The second-order valence-electron chi connectivity index (χ2n) is 5.03. The number of rotatable bonds is 5. The van der Waals surface area contributed by atoms with Crippen LogP contribution in [-0.2, 0) is 14.9 Å². The van der Waals surface area contributed by atoms with Gasteiger partial charge in [-0.1, -0.05) is 12.1 Å². The van der Waals surface area contributed by atoms with Crippen LogP contribution in [0.25, 0.3) is 0 Å². The molecule has 1 saturated carbocycles. The Hall–Kier alpha value is -1.55. The summed E-state index contributed by atoms with van der Waals surface area (Å²) in [4.78, 5) is 12.3. The first-order chi connectivity index (χ1) is 8.58. The van der Waals surface area contributed by atoms with Crippen molar-refractivity contribution in [2.45, 2.75) is 31.2 Å². The molecule has 98 valence electrons. The highest BCUT2D eigenvalue weighted by Gasteiger charge is 2.51. The van der Waals surface area contributed by atoms with E-state index in [4.69, 9.17) is 10.5 Å². The van der Waals surface area contributed by atoms with Crippen LogP contribution in [0.3, 0.4) is 0 Å². The van der Waals surface area contributed by atoms with Crippen molar-refractivity contribution in [1.82, 2.24) is 5.32 Å². The van der Waals surface area contributed by atoms with Gasteiger partial charge in [-0.3, -0.25) is 4.79 Å². The average Bonchev–Trinajstić information content (AvgIpc) is 3.11. The number of methoxy groups -OCH3 is 1. The topological polar surface area (TPSA) is 64.3 Å². The lowest BCUT2D eigenvalue weighted by Crippen LogP contribution is -2.42. The van der Waals surface area contributed by atoms with Crippen LogP contribution in [0.4, 0.5) is 5.69 Å². The van der Waals surface area contributed by atoms with Gasteiger partial charge < -0.3 is 15.8 Å². The third-order valence-electron chi connectivity index (χ3n) is 3.44. The summed E-state index contributed by atoms with van der Waals surface area (Å²) in [5.74, 6) is 0.0943. The summed E-state index contributed by atoms with van der Waals surface area (Å²) in [5.41, 5.74) is 7.11. The van der Waals surface area contributed by atoms with E-state index < -0.39 is 0 Å². The van der Waals surface area contributed by atoms with Crippen molar-refractivity contribution in [3.8, 4) is 0 Å². The molecule has 0 bridgehead atoms. The van der Waals surface area contributed by atoms with Gasteiger partial charge in [-0.05, 0) is 37.5 Å². The molecule has 0 spiro atoms. The molecule has 1 unspecified atom stereocenters. The lowest BCUT2D eigenvalue weighted by atomic mass is 9.94. The van der Waals surface area contributed by atoms with E-state index in [0.717, 1.165) is 24.1 Å². The Bertz CT molecular complexity index is 424. The van der Waals surface area contributed by atoms with Crippen molar-refractivity contribution in [3.05, 3.63) is 29.8 Å². The van der Waals surface area contributed by atoms with Crippen LogP contribution in [-0.4, -0.2) is 25.7 Å². The molecule has 1 aromatic rings. The van der Waals surface area contributed by atoms with Crippen molar-refractivity contribution in [2.24, 2.45) is 0 Å². The van der Waals surface area contributed by atoms with Crippen molar-refractivity contribution in [1.29, 1.82) is 0 Å². The number of carbonyl (C=O) groups excluding carboxylic acids is 1. The van der Waals surface area contributed by atoms with Gasteiger partial charge in [0.05, 0.1) is 12.0 Å². The van der Waals surface area contributed by atoms with Crippen molar-refractivity contribution < 1.29 is 9.53 Å². The number of anilines is 1. The summed E-state index contributed by atoms with van der Waals surface area (Å²) >= 11 is 0. The third-order valence-corrected chi connectivity index (χ3v) is 3.44. The zero-order valence-electron chi connectivity index (χ0n) is 10.9. The molecule has 0 radical (unpaired) electrons. The molecular formula is C14H20N2O2. The molecule has 0 saturated heterocycles. The molecule has 0 heterocycles. The Morgan fingerprint density at radius 1 is 1.44 bits per heavy atom. The van der Waals surface area contributed by atoms with Crippen LogP contribution in [0, 0.1) is 0 Å². The minimum Gasteiger partial charge on any atom is -0.399 e. The predicted molar refractivity (Wildman–Crippen MR) is 71.2 cm³/mol. The zero-order valence-corrected chi connectivity index (χ0v) is 10.9. The van der Waals surface area contributed by atoms with Crippen LogP contribution >= 0.6 is 0 Å². The summed E-state index contributed by atoms with van der Waals surface area (Å²) in [6.07, 6.45) is 1.81. The summed E-state index contributed by atoms with van der Waals surface area (Å²) in [6, 6.07) is 7.63. The Kier molecular flexibility index (Phi) is 3.57. The first-order valence-electron chi connectivity index (χ1n) is 6.24. The minimum absolute atomic E-state index is 0.0359. The zero-order chi connectivity index (χ0) is 13.2. The minimum atomic E-state index is -0.338. The van der Waals surface area contributed by atoms with E-state index in [-0.39, 0.29) is 17.4 Å². The second-order valence-corrected chi connectivity index (χ2v) is 5.03. The number of nitrogens with two attached hydrogens (primary N) is 1. The van der Waals surface area contributed by atoms with Crippen LogP contribution < -0.4 is 11.1 Å². The summed E-state index contributed by atoms with van der Waals surface area (Å²) in [5, 5.41) is 3.00. The molecule has 18 heavy (non-hydrogen) atoms. The number of amides is 1. The van der Waals surface area contributed by atoms with Gasteiger partial charge in [0.1, 0.15) is 0 Å². The number of ether oxygens (including phenoxy) is 1. The average molecular weight is 248 g/mol. The molecular weight excluding hydrogens is 228 g/mol. The number of benzene rings is 1. The fourth-order valence-corrected chi connectivity index (χ4v) is 2.23. The van der Waals surface area contributed by atoms with E-state index in [1.54, 1.807) is 7.11 Å². The van der Waals surface area contributed by atoms with Gasteiger partial charge in [0, 0.05) is 18.8 Å². The van der Waals surface area contributed by atoms with E-state index >= 15 is 0 Å². The van der Waals surface area contributed by atoms with Gasteiger partial charge >= 0.3 is 0 Å². The molecule has 1 aliphatic carbocycles. The van der Waals surface area contributed by atoms with Crippen molar-refractivity contribution in [3.63, 3.8) is 0 Å². The van der Waals surface area contributed by atoms with Crippen molar-refractivity contribution in [2.75, 3.05) is 19.5 Å². The highest BCUT2D eigenvalue weighted by Crippen LogP contribution is 2.48. The third kappa shape index (κ3) is 2.48. The number of carbonyl (C=O) groups is 1. The molecule has 1 aromatic carbocycles. The molecule has 1 atom stereocenters. The highest BCUT2D eigenvalue weighted by molar-refractivity contribution is 5.91. The van der Waals surface area contributed by atoms with Gasteiger partial charge in [-0.2, -0.15) is 0 Å². The molecule has 3 N–H and O–H groups in total. The first-order valence-corrected chi connectivity index (χ1v) is 6.24. The summed E-state index contributed by atoms with van der Waals surface area (Å²) < 4.78 is 5.03. The maximum Gasteiger partial charge on any atom is 0.230 e. The van der Waals surface area contributed by atoms with Crippen molar-refractivity contribution >= 4 is 11.6 Å². The number of hydrogen-bond acceptors (Lipinski definition) is 3.